The minimum Gasteiger partial charge on any atom is -0.378 e. The van der Waals surface area contributed by atoms with Crippen LogP contribution in [0.5, 0.6) is 0 Å². The highest BCUT2D eigenvalue weighted by molar-refractivity contribution is 7.89. The number of nitrogens with zero attached hydrogens (tertiary/aromatic N) is 2. The van der Waals surface area contributed by atoms with E-state index in [1.54, 1.807) is 12.1 Å². The summed E-state index contributed by atoms with van der Waals surface area (Å²) in [6.45, 7) is 0.436. The third kappa shape index (κ3) is 4.48. The van der Waals surface area contributed by atoms with E-state index in [0.717, 1.165) is 10.2 Å². The lowest BCUT2D eigenvalue weighted by Gasteiger charge is -2.11. The number of aromatic nitrogens is 2. The molecule has 0 saturated heterocycles. The molecule has 3 N–H and O–H groups in total. The molecule has 0 atom stereocenters. The summed E-state index contributed by atoms with van der Waals surface area (Å²) in [6, 6.07) is 12.7. The first-order valence-corrected chi connectivity index (χ1v) is 9.95. The third-order valence-corrected chi connectivity index (χ3v) is 5.27. The number of hydrogen-bond donors (Lipinski definition) is 2. The van der Waals surface area contributed by atoms with Gasteiger partial charge in [-0.05, 0) is 42.0 Å². The largest absolute Gasteiger partial charge is 0.378 e. The van der Waals surface area contributed by atoms with Gasteiger partial charge in [-0.3, -0.25) is 4.79 Å². The lowest BCUT2D eigenvalue weighted by molar-refractivity contribution is 0.597. The van der Waals surface area contributed by atoms with E-state index in [9.17, 15) is 13.2 Å². The van der Waals surface area contributed by atoms with Crippen molar-refractivity contribution in [1.29, 1.82) is 0 Å². The SMILES string of the molecule is NS(=O)(=O)c1ccc(-n2ncc(NCc3ccc(Cl)cc3)c(Cl)c2=O)cc1. The predicted octanol–water partition coefficient (Wildman–Crippen LogP) is 2.80. The summed E-state index contributed by atoms with van der Waals surface area (Å²) in [4.78, 5) is 12.4. The topological polar surface area (TPSA) is 107 Å². The van der Waals surface area contributed by atoms with E-state index >= 15 is 0 Å². The van der Waals surface area contributed by atoms with Gasteiger partial charge in [0, 0.05) is 11.6 Å². The molecule has 10 heteroatoms. The zero-order chi connectivity index (χ0) is 19.6. The Kier molecular flexibility index (Phi) is 5.52. The molecule has 140 valence electrons. The van der Waals surface area contributed by atoms with Crippen LogP contribution in [0.15, 0.2) is 64.4 Å². The Balaban J connectivity index is 1.84. The molecule has 3 aromatic rings. The molecule has 0 aliphatic carbocycles. The molecule has 7 nitrogen and oxygen atoms in total. The number of nitrogens with two attached hydrogens (primary N) is 1. The number of rotatable bonds is 5. The molecule has 0 aliphatic rings. The minimum absolute atomic E-state index is 0.0329. The van der Waals surface area contributed by atoms with Gasteiger partial charge >= 0.3 is 0 Å². The Morgan fingerprint density at radius 1 is 1.04 bits per heavy atom. The number of halogens is 2. The Labute approximate surface area is 165 Å². The van der Waals surface area contributed by atoms with Gasteiger partial charge in [-0.25, -0.2) is 13.6 Å². The van der Waals surface area contributed by atoms with E-state index < -0.39 is 15.6 Å². The monoisotopic (exact) mass is 424 g/mol. The molecule has 3 rings (SSSR count). The summed E-state index contributed by atoms with van der Waals surface area (Å²) in [5.41, 5.74) is 1.16. The van der Waals surface area contributed by atoms with Crippen LogP contribution in [0.3, 0.4) is 0 Å². The van der Waals surface area contributed by atoms with Crippen LogP contribution in [0.2, 0.25) is 10.0 Å². The molecule has 0 saturated carbocycles. The van der Waals surface area contributed by atoms with Crippen LogP contribution >= 0.6 is 23.2 Å². The van der Waals surface area contributed by atoms with Crippen molar-refractivity contribution in [2.24, 2.45) is 5.14 Å². The lowest BCUT2D eigenvalue weighted by Crippen LogP contribution is -2.23. The number of nitrogens with one attached hydrogen (secondary N) is 1. The smallest absolute Gasteiger partial charge is 0.292 e. The van der Waals surface area contributed by atoms with E-state index in [4.69, 9.17) is 28.3 Å². The molecule has 0 unspecified atom stereocenters. The maximum atomic E-state index is 12.5. The molecule has 27 heavy (non-hydrogen) atoms. The van der Waals surface area contributed by atoms with Crippen molar-refractivity contribution in [3.05, 3.63) is 80.7 Å². The number of primary sulfonamides is 1. The number of benzene rings is 2. The predicted molar refractivity (Wildman–Crippen MR) is 105 cm³/mol. The summed E-state index contributed by atoms with van der Waals surface area (Å²) < 4.78 is 23.7. The fourth-order valence-corrected chi connectivity index (χ4v) is 3.15. The average Bonchev–Trinajstić information content (AvgIpc) is 2.64. The highest BCUT2D eigenvalue weighted by Gasteiger charge is 2.12. The number of hydrogen-bond acceptors (Lipinski definition) is 5. The number of anilines is 1. The quantitative estimate of drug-likeness (QED) is 0.654. The lowest BCUT2D eigenvalue weighted by atomic mass is 10.2. The molecular formula is C17H14Cl2N4O3S. The van der Waals surface area contributed by atoms with E-state index in [1.165, 1.54) is 30.5 Å². The molecule has 1 aromatic heterocycles. The number of sulfonamides is 1. The van der Waals surface area contributed by atoms with Crippen molar-refractivity contribution in [1.82, 2.24) is 9.78 Å². The van der Waals surface area contributed by atoms with Crippen LogP contribution in [0.1, 0.15) is 5.56 Å². The van der Waals surface area contributed by atoms with Gasteiger partial charge in [-0.2, -0.15) is 9.78 Å². The summed E-state index contributed by atoms with van der Waals surface area (Å²) in [6.07, 6.45) is 1.42. The average molecular weight is 425 g/mol. The molecule has 0 spiro atoms. The fourth-order valence-electron chi connectivity index (χ4n) is 2.32. The van der Waals surface area contributed by atoms with E-state index in [2.05, 4.69) is 10.4 Å². The summed E-state index contributed by atoms with van der Waals surface area (Å²) >= 11 is 12.0. The van der Waals surface area contributed by atoms with Crippen molar-refractivity contribution in [3.8, 4) is 5.69 Å². The Morgan fingerprint density at radius 3 is 2.26 bits per heavy atom. The highest BCUT2D eigenvalue weighted by atomic mass is 35.5. The van der Waals surface area contributed by atoms with Crippen molar-refractivity contribution in [3.63, 3.8) is 0 Å². The van der Waals surface area contributed by atoms with Gasteiger partial charge in [0.25, 0.3) is 5.56 Å². The molecule has 0 bridgehead atoms. The van der Waals surface area contributed by atoms with Gasteiger partial charge in [0.2, 0.25) is 10.0 Å². The van der Waals surface area contributed by atoms with Gasteiger partial charge in [0.1, 0.15) is 5.02 Å². The molecule has 0 amide bonds. The van der Waals surface area contributed by atoms with Crippen molar-refractivity contribution in [2.45, 2.75) is 11.4 Å². The molecule has 0 fully saturated rings. The Bertz CT molecular complexity index is 1130. The fraction of sp³-hybridized carbons (Fsp3) is 0.0588. The van der Waals surface area contributed by atoms with Crippen LogP contribution in [-0.4, -0.2) is 18.2 Å². The van der Waals surface area contributed by atoms with Gasteiger partial charge in [0.05, 0.1) is 22.5 Å². The van der Waals surface area contributed by atoms with E-state index in [0.29, 0.717) is 22.9 Å². The first-order valence-electron chi connectivity index (χ1n) is 7.65. The zero-order valence-corrected chi connectivity index (χ0v) is 16.1. The Hall–Kier alpha value is -2.39. The summed E-state index contributed by atoms with van der Waals surface area (Å²) in [7, 11) is -3.82. The molecule has 0 aliphatic heterocycles. The Morgan fingerprint density at radius 2 is 1.67 bits per heavy atom. The minimum atomic E-state index is -3.82. The second-order valence-corrected chi connectivity index (χ2v) is 7.98. The zero-order valence-electron chi connectivity index (χ0n) is 13.8. The van der Waals surface area contributed by atoms with Gasteiger partial charge < -0.3 is 5.32 Å². The van der Waals surface area contributed by atoms with Crippen LogP contribution in [0.4, 0.5) is 5.69 Å². The first kappa shape index (κ1) is 19.4. The van der Waals surface area contributed by atoms with E-state index in [1.807, 2.05) is 12.1 Å². The first-order chi connectivity index (χ1) is 12.8. The van der Waals surface area contributed by atoms with E-state index in [-0.39, 0.29) is 9.92 Å². The summed E-state index contributed by atoms with van der Waals surface area (Å²) in [5.74, 6) is 0. The normalized spacial score (nSPS) is 11.4. The van der Waals surface area contributed by atoms with Crippen molar-refractivity contribution >= 4 is 38.9 Å². The second-order valence-electron chi connectivity index (χ2n) is 5.61. The third-order valence-electron chi connectivity index (χ3n) is 3.72. The standard InChI is InChI=1S/C17H14Cl2N4O3S/c18-12-3-1-11(2-4-12)9-21-15-10-22-23(17(24)16(15)19)13-5-7-14(8-6-13)27(20,25)26/h1-8,10,21H,9H2,(H2,20,25,26). The molecule has 1 heterocycles. The molecular weight excluding hydrogens is 411 g/mol. The van der Waals surface area contributed by atoms with Crippen LogP contribution in [0.25, 0.3) is 5.69 Å². The van der Waals surface area contributed by atoms with Crippen molar-refractivity contribution in [2.75, 3.05) is 5.32 Å². The maximum absolute atomic E-state index is 12.5. The van der Waals surface area contributed by atoms with Gasteiger partial charge in [-0.15, -0.1) is 0 Å². The van der Waals surface area contributed by atoms with Gasteiger partial charge in [-0.1, -0.05) is 35.3 Å². The molecule has 0 radical (unpaired) electrons. The second kappa shape index (κ2) is 7.69. The molecule has 2 aromatic carbocycles. The van der Waals surface area contributed by atoms with Crippen LogP contribution in [0, 0.1) is 0 Å². The maximum Gasteiger partial charge on any atom is 0.292 e. The van der Waals surface area contributed by atoms with Crippen molar-refractivity contribution < 1.29 is 8.42 Å². The van der Waals surface area contributed by atoms with Gasteiger partial charge in [0.15, 0.2) is 0 Å². The van der Waals surface area contributed by atoms with Crippen LogP contribution < -0.4 is 16.0 Å². The van der Waals surface area contributed by atoms with Crippen LogP contribution in [-0.2, 0) is 16.6 Å². The summed E-state index contributed by atoms with van der Waals surface area (Å²) in [5, 5.41) is 12.8. The highest BCUT2D eigenvalue weighted by Crippen LogP contribution is 2.19.